The number of amides is 1. The van der Waals surface area contributed by atoms with Crippen molar-refractivity contribution in [2.24, 2.45) is 5.92 Å². The smallest absolute Gasteiger partial charge is 0.260 e. The molecule has 0 unspecified atom stereocenters. The van der Waals surface area contributed by atoms with E-state index < -0.39 is 0 Å². The number of hydrogen-bond acceptors (Lipinski definition) is 4. The third-order valence-electron chi connectivity index (χ3n) is 4.48. The summed E-state index contributed by atoms with van der Waals surface area (Å²) in [4.78, 5) is 14.3. The lowest BCUT2D eigenvalue weighted by Gasteiger charge is -2.34. The van der Waals surface area contributed by atoms with Crippen molar-refractivity contribution >= 4 is 5.91 Å². The molecule has 0 aromatic heterocycles. The van der Waals surface area contributed by atoms with Gasteiger partial charge in [0, 0.05) is 19.0 Å². The summed E-state index contributed by atoms with van der Waals surface area (Å²) in [5, 5.41) is 0. The normalized spacial score (nSPS) is 27.4. The number of hydrogen-bond donors (Lipinski definition) is 0. The minimum Gasteiger partial charge on any atom is -0.493 e. The highest BCUT2D eigenvalue weighted by atomic mass is 16.5. The molecule has 2 aliphatic rings. The predicted octanol–water partition coefficient (Wildman–Crippen LogP) is 2.10. The summed E-state index contributed by atoms with van der Waals surface area (Å²) >= 11 is 0. The van der Waals surface area contributed by atoms with Crippen LogP contribution in [-0.4, -0.2) is 49.8 Å². The molecule has 1 amide bonds. The van der Waals surface area contributed by atoms with E-state index in [0.717, 1.165) is 25.9 Å². The van der Waals surface area contributed by atoms with Gasteiger partial charge in [0.25, 0.3) is 5.91 Å². The fraction of sp³-hybridized carbons (Fsp3) is 0.588. The Morgan fingerprint density at radius 2 is 2.14 bits per heavy atom. The highest BCUT2D eigenvalue weighted by Gasteiger charge is 2.38. The number of nitrogens with zero attached hydrogens (tertiary/aromatic N) is 1. The number of piperidine rings is 1. The summed E-state index contributed by atoms with van der Waals surface area (Å²) in [6.45, 7) is 3.69. The Bertz CT molecular complexity index is 533. The first-order valence-corrected chi connectivity index (χ1v) is 7.86. The van der Waals surface area contributed by atoms with E-state index in [1.54, 1.807) is 7.11 Å². The fourth-order valence-electron chi connectivity index (χ4n) is 3.39. The number of likely N-dealkylation sites (tertiary alicyclic amines) is 1. The second kappa shape index (κ2) is 6.57. The topological polar surface area (TPSA) is 48.0 Å². The Kier molecular flexibility index (Phi) is 4.52. The molecule has 3 rings (SSSR count). The molecule has 1 aromatic rings. The second-order valence-electron chi connectivity index (χ2n) is 6.05. The van der Waals surface area contributed by atoms with E-state index in [1.807, 2.05) is 29.2 Å². The van der Waals surface area contributed by atoms with Gasteiger partial charge in [0.15, 0.2) is 18.1 Å². The van der Waals surface area contributed by atoms with E-state index in [2.05, 4.69) is 6.92 Å². The zero-order valence-corrected chi connectivity index (χ0v) is 13.2. The van der Waals surface area contributed by atoms with Gasteiger partial charge in [0.05, 0.1) is 19.3 Å². The molecule has 2 saturated heterocycles. The van der Waals surface area contributed by atoms with Crippen molar-refractivity contribution < 1.29 is 19.0 Å². The van der Waals surface area contributed by atoms with Gasteiger partial charge < -0.3 is 19.1 Å². The van der Waals surface area contributed by atoms with Gasteiger partial charge in [-0.05, 0) is 31.9 Å². The summed E-state index contributed by atoms with van der Waals surface area (Å²) in [5.74, 6) is 1.75. The third kappa shape index (κ3) is 3.19. The van der Waals surface area contributed by atoms with E-state index in [-0.39, 0.29) is 12.5 Å². The molecular weight excluding hydrogens is 282 g/mol. The number of methoxy groups -OCH3 is 1. The SMILES string of the molecule is COc1ccccc1OCC(=O)N1CC[C@@H]2O[C@@H](C)C[C@H]2C1. The van der Waals surface area contributed by atoms with Crippen LogP contribution < -0.4 is 9.47 Å². The molecule has 0 N–H and O–H groups in total. The molecule has 2 heterocycles. The van der Waals surface area contributed by atoms with Crippen LogP contribution in [0, 0.1) is 5.92 Å². The Labute approximate surface area is 131 Å². The molecule has 0 spiro atoms. The van der Waals surface area contributed by atoms with Crippen LogP contribution in [0.25, 0.3) is 0 Å². The lowest BCUT2D eigenvalue weighted by Crippen LogP contribution is -2.46. The van der Waals surface area contributed by atoms with Gasteiger partial charge in [0.2, 0.25) is 0 Å². The van der Waals surface area contributed by atoms with Crippen molar-refractivity contribution in [3.8, 4) is 11.5 Å². The van der Waals surface area contributed by atoms with Crippen molar-refractivity contribution in [2.75, 3.05) is 26.8 Å². The van der Waals surface area contributed by atoms with Gasteiger partial charge in [-0.25, -0.2) is 0 Å². The standard InChI is InChI=1S/C17H23NO4/c1-12-9-13-10-18(8-7-14(13)22-12)17(19)11-21-16-6-4-3-5-15(16)20-2/h3-6,12-14H,7-11H2,1-2H3/t12-,13-,14-/m0/s1. The maximum Gasteiger partial charge on any atom is 0.260 e. The molecular formula is C17H23NO4. The predicted molar refractivity (Wildman–Crippen MR) is 82.1 cm³/mol. The first kappa shape index (κ1) is 15.2. The molecule has 120 valence electrons. The van der Waals surface area contributed by atoms with Gasteiger partial charge in [-0.1, -0.05) is 12.1 Å². The number of carbonyl (C=O) groups is 1. The molecule has 5 heteroatoms. The van der Waals surface area contributed by atoms with Crippen LogP contribution in [0.15, 0.2) is 24.3 Å². The van der Waals surface area contributed by atoms with Gasteiger partial charge >= 0.3 is 0 Å². The average molecular weight is 305 g/mol. The lowest BCUT2D eigenvalue weighted by molar-refractivity contribution is -0.136. The number of fused-ring (bicyclic) bond motifs is 1. The molecule has 22 heavy (non-hydrogen) atoms. The molecule has 0 aliphatic carbocycles. The van der Waals surface area contributed by atoms with Gasteiger partial charge in [0.1, 0.15) is 0 Å². The van der Waals surface area contributed by atoms with Crippen LogP contribution in [0.2, 0.25) is 0 Å². The largest absolute Gasteiger partial charge is 0.493 e. The molecule has 1 aromatic carbocycles. The van der Waals surface area contributed by atoms with Crippen LogP contribution in [0.1, 0.15) is 19.8 Å². The number of para-hydroxylation sites is 2. The summed E-state index contributed by atoms with van der Waals surface area (Å²) < 4.78 is 16.7. The first-order chi connectivity index (χ1) is 10.7. The number of carbonyl (C=O) groups excluding carboxylic acids is 1. The Hall–Kier alpha value is -1.75. The average Bonchev–Trinajstić information content (AvgIpc) is 2.91. The van der Waals surface area contributed by atoms with E-state index in [9.17, 15) is 4.79 Å². The highest BCUT2D eigenvalue weighted by molar-refractivity contribution is 5.78. The summed E-state index contributed by atoms with van der Waals surface area (Å²) in [5.41, 5.74) is 0. The minimum atomic E-state index is 0.0314. The molecule has 2 fully saturated rings. The Morgan fingerprint density at radius 1 is 1.36 bits per heavy atom. The van der Waals surface area contributed by atoms with Crippen LogP contribution >= 0.6 is 0 Å². The number of ether oxygens (including phenoxy) is 3. The van der Waals surface area contributed by atoms with Crippen LogP contribution in [-0.2, 0) is 9.53 Å². The molecule has 0 radical (unpaired) electrons. The Morgan fingerprint density at radius 3 is 2.91 bits per heavy atom. The molecule has 0 bridgehead atoms. The lowest BCUT2D eigenvalue weighted by atomic mass is 9.93. The van der Waals surface area contributed by atoms with Crippen molar-refractivity contribution in [3.05, 3.63) is 24.3 Å². The zero-order chi connectivity index (χ0) is 15.5. The quantitative estimate of drug-likeness (QED) is 0.855. The molecule has 3 atom stereocenters. The summed E-state index contributed by atoms with van der Waals surface area (Å²) in [6, 6.07) is 7.37. The van der Waals surface area contributed by atoms with Crippen LogP contribution in [0.4, 0.5) is 0 Å². The van der Waals surface area contributed by atoms with Gasteiger partial charge in [-0.15, -0.1) is 0 Å². The summed E-state index contributed by atoms with van der Waals surface area (Å²) in [7, 11) is 1.59. The third-order valence-corrected chi connectivity index (χ3v) is 4.48. The molecule has 0 saturated carbocycles. The van der Waals surface area contributed by atoms with Crippen molar-refractivity contribution in [2.45, 2.75) is 32.0 Å². The van der Waals surface area contributed by atoms with Gasteiger partial charge in [-0.3, -0.25) is 4.79 Å². The van der Waals surface area contributed by atoms with E-state index >= 15 is 0 Å². The Balaban J connectivity index is 1.54. The zero-order valence-electron chi connectivity index (χ0n) is 13.2. The van der Waals surface area contributed by atoms with Crippen LogP contribution in [0.3, 0.4) is 0 Å². The first-order valence-electron chi connectivity index (χ1n) is 7.86. The van der Waals surface area contributed by atoms with Crippen molar-refractivity contribution in [3.63, 3.8) is 0 Å². The van der Waals surface area contributed by atoms with Crippen molar-refractivity contribution in [1.29, 1.82) is 0 Å². The minimum absolute atomic E-state index is 0.0314. The fourth-order valence-corrected chi connectivity index (χ4v) is 3.39. The highest BCUT2D eigenvalue weighted by Crippen LogP contribution is 2.32. The van der Waals surface area contributed by atoms with E-state index in [1.165, 1.54) is 0 Å². The molecule has 5 nitrogen and oxygen atoms in total. The van der Waals surface area contributed by atoms with Gasteiger partial charge in [-0.2, -0.15) is 0 Å². The number of rotatable bonds is 4. The second-order valence-corrected chi connectivity index (χ2v) is 6.05. The van der Waals surface area contributed by atoms with Crippen molar-refractivity contribution in [1.82, 2.24) is 4.90 Å². The monoisotopic (exact) mass is 305 g/mol. The molecule has 2 aliphatic heterocycles. The van der Waals surface area contributed by atoms with E-state index in [4.69, 9.17) is 14.2 Å². The number of benzene rings is 1. The van der Waals surface area contributed by atoms with Crippen LogP contribution in [0.5, 0.6) is 11.5 Å². The maximum absolute atomic E-state index is 12.4. The van der Waals surface area contributed by atoms with E-state index in [0.29, 0.717) is 29.6 Å². The maximum atomic E-state index is 12.4. The summed E-state index contributed by atoms with van der Waals surface area (Å²) in [6.07, 6.45) is 2.61.